The Morgan fingerprint density at radius 2 is 2.04 bits per heavy atom. The van der Waals surface area contributed by atoms with Crippen LogP contribution in [0.5, 0.6) is 0 Å². The molecule has 8 heteroatoms. The summed E-state index contributed by atoms with van der Waals surface area (Å²) in [6, 6.07) is 7.01. The van der Waals surface area contributed by atoms with Crippen molar-refractivity contribution >= 4 is 51.1 Å². The van der Waals surface area contributed by atoms with E-state index in [1.807, 2.05) is 6.07 Å². The maximum absolute atomic E-state index is 12.4. The van der Waals surface area contributed by atoms with Crippen LogP contribution >= 0.6 is 22.9 Å². The van der Waals surface area contributed by atoms with Gasteiger partial charge in [0, 0.05) is 29.0 Å². The van der Waals surface area contributed by atoms with Crippen molar-refractivity contribution in [1.29, 1.82) is 0 Å². The summed E-state index contributed by atoms with van der Waals surface area (Å²) >= 11 is 7.59. The lowest BCUT2D eigenvalue weighted by Gasteiger charge is -2.10. The Labute approximate surface area is 151 Å². The minimum absolute atomic E-state index is 0.141. The Bertz CT molecular complexity index is 1060. The predicted octanol–water partition coefficient (Wildman–Crippen LogP) is 4.11. The summed E-state index contributed by atoms with van der Waals surface area (Å²) in [6.45, 7) is 0. The van der Waals surface area contributed by atoms with Gasteiger partial charge in [0.15, 0.2) is 0 Å². The fourth-order valence-corrected chi connectivity index (χ4v) is 3.22. The van der Waals surface area contributed by atoms with Crippen LogP contribution in [0.25, 0.3) is 10.9 Å². The van der Waals surface area contributed by atoms with Crippen molar-refractivity contribution in [2.45, 2.75) is 0 Å². The molecule has 0 spiro atoms. The zero-order valence-corrected chi connectivity index (χ0v) is 14.3. The van der Waals surface area contributed by atoms with Crippen LogP contribution in [0.4, 0.5) is 11.5 Å². The molecule has 3 aromatic heterocycles. The molecule has 0 fully saturated rings. The quantitative estimate of drug-likeness (QED) is 0.547. The molecule has 0 saturated carbocycles. The summed E-state index contributed by atoms with van der Waals surface area (Å²) < 4.78 is 0. The van der Waals surface area contributed by atoms with E-state index < -0.39 is 0 Å². The van der Waals surface area contributed by atoms with E-state index in [2.05, 4.69) is 25.3 Å². The normalized spacial score (nSPS) is 10.8. The molecule has 0 aliphatic carbocycles. The van der Waals surface area contributed by atoms with E-state index in [9.17, 15) is 4.79 Å². The first kappa shape index (κ1) is 15.6. The van der Waals surface area contributed by atoms with Crippen LogP contribution in [0.2, 0.25) is 5.02 Å². The van der Waals surface area contributed by atoms with Gasteiger partial charge in [-0.2, -0.15) is 0 Å². The van der Waals surface area contributed by atoms with Gasteiger partial charge in [-0.25, -0.2) is 9.97 Å². The number of hydrogen-bond donors (Lipinski definition) is 1. The van der Waals surface area contributed by atoms with Crippen LogP contribution in [-0.4, -0.2) is 25.7 Å². The van der Waals surface area contributed by atoms with Crippen molar-refractivity contribution in [3.63, 3.8) is 0 Å². The second-order valence-electron chi connectivity index (χ2n) is 5.13. The van der Waals surface area contributed by atoms with Crippen molar-refractivity contribution < 1.29 is 4.79 Å². The van der Waals surface area contributed by atoms with Crippen LogP contribution in [-0.2, 0) is 0 Å². The zero-order chi connectivity index (χ0) is 17.2. The SMILES string of the molecule is O=C(c1cncs1)c1ccc(Nc2ncnc3cnccc23)cc1Cl. The first-order valence-electron chi connectivity index (χ1n) is 7.27. The lowest BCUT2D eigenvalue weighted by molar-refractivity contribution is 0.104. The number of anilines is 2. The molecule has 0 unspecified atom stereocenters. The Balaban J connectivity index is 1.66. The average Bonchev–Trinajstić information content (AvgIpc) is 3.16. The smallest absolute Gasteiger partial charge is 0.206 e. The van der Waals surface area contributed by atoms with Crippen LogP contribution in [0, 0.1) is 0 Å². The predicted molar refractivity (Wildman–Crippen MR) is 97.6 cm³/mol. The second kappa shape index (κ2) is 6.54. The molecule has 1 aromatic carbocycles. The molecule has 122 valence electrons. The molecule has 0 aliphatic rings. The third-order valence-corrected chi connectivity index (χ3v) is 4.66. The number of pyridine rings is 1. The van der Waals surface area contributed by atoms with Gasteiger partial charge < -0.3 is 5.32 Å². The van der Waals surface area contributed by atoms with Gasteiger partial charge >= 0.3 is 0 Å². The third-order valence-electron chi connectivity index (χ3n) is 3.57. The van der Waals surface area contributed by atoms with Gasteiger partial charge in [0.1, 0.15) is 12.1 Å². The monoisotopic (exact) mass is 367 g/mol. The number of aromatic nitrogens is 4. The lowest BCUT2D eigenvalue weighted by Crippen LogP contribution is -2.01. The maximum atomic E-state index is 12.4. The highest BCUT2D eigenvalue weighted by molar-refractivity contribution is 7.12. The van der Waals surface area contributed by atoms with Gasteiger partial charge in [0.25, 0.3) is 0 Å². The molecule has 6 nitrogen and oxygen atoms in total. The number of carbonyl (C=O) groups excluding carboxylic acids is 1. The number of nitrogens with zero attached hydrogens (tertiary/aromatic N) is 4. The summed E-state index contributed by atoms with van der Waals surface area (Å²) in [5.41, 5.74) is 3.52. The summed E-state index contributed by atoms with van der Waals surface area (Å²) in [5, 5.41) is 4.41. The number of benzene rings is 1. The van der Waals surface area contributed by atoms with Crippen LogP contribution in [0.15, 0.2) is 54.7 Å². The van der Waals surface area contributed by atoms with Crippen molar-refractivity contribution in [1.82, 2.24) is 19.9 Å². The van der Waals surface area contributed by atoms with E-state index in [1.165, 1.54) is 23.9 Å². The van der Waals surface area contributed by atoms with Gasteiger partial charge in [-0.3, -0.25) is 14.8 Å². The number of thiazole rings is 1. The van der Waals surface area contributed by atoms with Crippen molar-refractivity contribution in [2.75, 3.05) is 5.32 Å². The summed E-state index contributed by atoms with van der Waals surface area (Å²) in [7, 11) is 0. The van der Waals surface area contributed by atoms with Gasteiger partial charge in [0.2, 0.25) is 5.78 Å². The Hall–Kier alpha value is -2.90. The number of ketones is 1. The van der Waals surface area contributed by atoms with Crippen LogP contribution in [0.3, 0.4) is 0 Å². The number of carbonyl (C=O) groups is 1. The molecule has 25 heavy (non-hydrogen) atoms. The average molecular weight is 368 g/mol. The molecule has 0 bridgehead atoms. The van der Waals surface area contributed by atoms with E-state index in [1.54, 1.807) is 36.1 Å². The molecule has 0 aliphatic heterocycles. The number of nitrogens with one attached hydrogen (secondary N) is 1. The van der Waals surface area contributed by atoms with Crippen molar-refractivity contribution in [3.8, 4) is 0 Å². The van der Waals surface area contributed by atoms with Crippen molar-refractivity contribution in [3.05, 3.63) is 70.2 Å². The van der Waals surface area contributed by atoms with E-state index in [0.29, 0.717) is 21.3 Å². The van der Waals surface area contributed by atoms with Gasteiger partial charge in [-0.05, 0) is 24.3 Å². The van der Waals surface area contributed by atoms with E-state index in [-0.39, 0.29) is 5.78 Å². The maximum Gasteiger partial charge on any atom is 0.206 e. The highest BCUT2D eigenvalue weighted by Gasteiger charge is 2.15. The molecule has 0 radical (unpaired) electrons. The topological polar surface area (TPSA) is 80.7 Å². The summed E-state index contributed by atoms with van der Waals surface area (Å²) in [4.78, 5) is 29.4. The van der Waals surface area contributed by atoms with E-state index >= 15 is 0 Å². The second-order valence-corrected chi connectivity index (χ2v) is 6.42. The number of hydrogen-bond acceptors (Lipinski definition) is 7. The first-order valence-corrected chi connectivity index (χ1v) is 8.52. The molecule has 1 N–H and O–H groups in total. The summed E-state index contributed by atoms with van der Waals surface area (Å²) in [5.74, 6) is 0.502. The minimum atomic E-state index is -0.141. The minimum Gasteiger partial charge on any atom is -0.340 e. The largest absolute Gasteiger partial charge is 0.340 e. The van der Waals surface area contributed by atoms with E-state index in [4.69, 9.17) is 11.6 Å². The van der Waals surface area contributed by atoms with E-state index in [0.717, 1.165) is 16.6 Å². The van der Waals surface area contributed by atoms with Crippen LogP contribution in [0.1, 0.15) is 15.2 Å². The standard InChI is InChI=1S/C17H10ClN5OS/c18-13-5-10(1-2-11(13)16(24)15-7-20-9-25-15)23-17-12-3-4-19-6-14(12)21-8-22-17/h1-9H,(H,21,22,23). The fraction of sp³-hybridized carbons (Fsp3) is 0. The highest BCUT2D eigenvalue weighted by Crippen LogP contribution is 2.27. The third kappa shape index (κ3) is 3.07. The molecule has 0 amide bonds. The van der Waals surface area contributed by atoms with Gasteiger partial charge in [-0.15, -0.1) is 11.3 Å². The van der Waals surface area contributed by atoms with Crippen molar-refractivity contribution in [2.24, 2.45) is 0 Å². The fourth-order valence-electron chi connectivity index (χ4n) is 2.38. The summed E-state index contributed by atoms with van der Waals surface area (Å²) in [6.07, 6.45) is 6.36. The van der Waals surface area contributed by atoms with Gasteiger partial charge in [0.05, 0.1) is 27.1 Å². The Kier molecular flexibility index (Phi) is 4.09. The molecular formula is C17H10ClN5OS. The number of rotatable bonds is 4. The lowest BCUT2D eigenvalue weighted by atomic mass is 10.1. The Morgan fingerprint density at radius 1 is 1.12 bits per heavy atom. The van der Waals surface area contributed by atoms with Gasteiger partial charge in [-0.1, -0.05) is 11.6 Å². The molecule has 4 rings (SSSR count). The zero-order valence-electron chi connectivity index (χ0n) is 12.7. The molecule has 3 heterocycles. The molecular weight excluding hydrogens is 358 g/mol. The highest BCUT2D eigenvalue weighted by atomic mass is 35.5. The number of halogens is 1. The number of fused-ring (bicyclic) bond motifs is 1. The molecule has 4 aromatic rings. The molecule has 0 saturated heterocycles. The van der Waals surface area contributed by atoms with Crippen LogP contribution < -0.4 is 5.32 Å². The Morgan fingerprint density at radius 3 is 2.84 bits per heavy atom. The first-order chi connectivity index (χ1) is 12.2. The molecule has 0 atom stereocenters.